The lowest BCUT2D eigenvalue weighted by molar-refractivity contribution is -0.178. The van der Waals surface area contributed by atoms with Gasteiger partial charge in [0.15, 0.2) is 0 Å². The third-order valence-electron chi connectivity index (χ3n) is 2.57. The SMILES string of the molecule is CCOC(=O)C(F)(F)C(=O)C1CCCC1. The van der Waals surface area contributed by atoms with Crippen LogP contribution in [0.15, 0.2) is 0 Å². The highest BCUT2D eigenvalue weighted by molar-refractivity contribution is 6.06. The van der Waals surface area contributed by atoms with Gasteiger partial charge in [-0.25, -0.2) is 4.79 Å². The van der Waals surface area contributed by atoms with Crippen molar-refractivity contribution in [1.82, 2.24) is 0 Å². The lowest BCUT2D eigenvalue weighted by Crippen LogP contribution is -2.42. The molecule has 0 aromatic carbocycles. The van der Waals surface area contributed by atoms with Crippen molar-refractivity contribution >= 4 is 11.8 Å². The number of Topliss-reactive ketones (excluding diaryl/α,β-unsaturated/α-hetero) is 1. The number of rotatable bonds is 4. The largest absolute Gasteiger partial charge is 0.461 e. The van der Waals surface area contributed by atoms with Crippen LogP contribution in [0.5, 0.6) is 0 Å². The molecule has 0 radical (unpaired) electrons. The molecule has 3 nitrogen and oxygen atoms in total. The van der Waals surface area contributed by atoms with Crippen LogP contribution in [0, 0.1) is 5.92 Å². The van der Waals surface area contributed by atoms with E-state index in [1.807, 2.05) is 0 Å². The number of hydrogen-bond acceptors (Lipinski definition) is 3. The van der Waals surface area contributed by atoms with Crippen LogP contribution in [-0.2, 0) is 14.3 Å². The second-order valence-corrected chi connectivity index (χ2v) is 3.64. The maximum Gasteiger partial charge on any atom is 0.400 e. The quantitative estimate of drug-likeness (QED) is 0.537. The number of carbonyl (C=O) groups excluding carboxylic acids is 2. The van der Waals surface area contributed by atoms with E-state index in [0.717, 1.165) is 12.8 Å². The van der Waals surface area contributed by atoms with Gasteiger partial charge in [-0.2, -0.15) is 8.78 Å². The number of hydrogen-bond donors (Lipinski definition) is 0. The summed E-state index contributed by atoms with van der Waals surface area (Å²) in [5.41, 5.74) is 0. The molecule has 0 aliphatic heterocycles. The zero-order valence-electron chi connectivity index (χ0n) is 8.59. The average Bonchev–Trinajstić information content (AvgIpc) is 2.69. The fourth-order valence-electron chi connectivity index (χ4n) is 1.77. The Morgan fingerprint density at radius 3 is 2.33 bits per heavy atom. The molecular weight excluding hydrogens is 206 g/mol. The van der Waals surface area contributed by atoms with E-state index in [1.54, 1.807) is 0 Å². The van der Waals surface area contributed by atoms with Crippen molar-refractivity contribution < 1.29 is 23.1 Å². The molecule has 0 saturated heterocycles. The molecule has 0 unspecified atom stereocenters. The van der Waals surface area contributed by atoms with Crippen LogP contribution in [0.2, 0.25) is 0 Å². The lowest BCUT2D eigenvalue weighted by atomic mass is 9.97. The van der Waals surface area contributed by atoms with Crippen LogP contribution in [0.1, 0.15) is 32.6 Å². The fourth-order valence-corrected chi connectivity index (χ4v) is 1.77. The molecule has 0 atom stereocenters. The minimum Gasteiger partial charge on any atom is -0.461 e. The van der Waals surface area contributed by atoms with Gasteiger partial charge in [0.2, 0.25) is 5.78 Å². The molecule has 5 heteroatoms. The lowest BCUT2D eigenvalue weighted by Gasteiger charge is -2.16. The Kier molecular flexibility index (Phi) is 3.77. The van der Waals surface area contributed by atoms with Gasteiger partial charge in [0, 0.05) is 5.92 Å². The molecule has 1 rings (SSSR count). The molecular formula is C10H14F2O3. The van der Waals surface area contributed by atoms with E-state index in [2.05, 4.69) is 4.74 Å². The van der Waals surface area contributed by atoms with Crippen molar-refractivity contribution in [2.75, 3.05) is 6.61 Å². The zero-order valence-corrected chi connectivity index (χ0v) is 8.59. The molecule has 1 aliphatic carbocycles. The first-order chi connectivity index (χ1) is 7.00. The van der Waals surface area contributed by atoms with Crippen molar-refractivity contribution in [2.45, 2.75) is 38.5 Å². The maximum absolute atomic E-state index is 13.2. The summed E-state index contributed by atoms with van der Waals surface area (Å²) < 4.78 is 30.6. The molecule has 86 valence electrons. The summed E-state index contributed by atoms with van der Waals surface area (Å²) in [6, 6.07) is 0. The molecule has 0 heterocycles. The van der Waals surface area contributed by atoms with Gasteiger partial charge in [0.25, 0.3) is 0 Å². The Labute approximate surface area is 86.8 Å². The Hall–Kier alpha value is -1.00. The van der Waals surface area contributed by atoms with Gasteiger partial charge >= 0.3 is 11.9 Å². The number of ether oxygens (including phenoxy) is 1. The van der Waals surface area contributed by atoms with Crippen LogP contribution in [-0.4, -0.2) is 24.3 Å². The van der Waals surface area contributed by atoms with Crippen molar-refractivity contribution in [3.05, 3.63) is 0 Å². The van der Waals surface area contributed by atoms with Gasteiger partial charge in [-0.05, 0) is 19.8 Å². The Balaban J connectivity index is 2.66. The first kappa shape index (κ1) is 12.1. The summed E-state index contributed by atoms with van der Waals surface area (Å²) >= 11 is 0. The summed E-state index contributed by atoms with van der Waals surface area (Å²) in [4.78, 5) is 22.2. The Bertz CT molecular complexity index is 257. The van der Waals surface area contributed by atoms with Crippen molar-refractivity contribution in [1.29, 1.82) is 0 Å². The first-order valence-electron chi connectivity index (χ1n) is 5.09. The molecule has 0 bridgehead atoms. The van der Waals surface area contributed by atoms with Gasteiger partial charge < -0.3 is 4.74 Å². The summed E-state index contributed by atoms with van der Waals surface area (Å²) in [6.45, 7) is 1.28. The van der Waals surface area contributed by atoms with Crippen LogP contribution >= 0.6 is 0 Å². The maximum atomic E-state index is 13.2. The average molecular weight is 220 g/mol. The van der Waals surface area contributed by atoms with Crippen molar-refractivity contribution in [3.8, 4) is 0 Å². The van der Waals surface area contributed by atoms with Gasteiger partial charge in [0.05, 0.1) is 6.61 Å². The van der Waals surface area contributed by atoms with E-state index in [-0.39, 0.29) is 6.61 Å². The predicted octanol–water partition coefficient (Wildman–Crippen LogP) is 1.94. The van der Waals surface area contributed by atoms with Gasteiger partial charge in [-0.1, -0.05) is 12.8 Å². The van der Waals surface area contributed by atoms with Gasteiger partial charge in [-0.15, -0.1) is 0 Å². The summed E-state index contributed by atoms with van der Waals surface area (Å²) in [5.74, 6) is -7.64. The molecule has 0 N–H and O–H groups in total. The van der Waals surface area contributed by atoms with E-state index in [9.17, 15) is 18.4 Å². The number of ketones is 1. The van der Waals surface area contributed by atoms with Crippen LogP contribution in [0.3, 0.4) is 0 Å². The van der Waals surface area contributed by atoms with Crippen molar-refractivity contribution in [2.24, 2.45) is 5.92 Å². The minimum atomic E-state index is -3.97. The number of halogens is 2. The molecule has 15 heavy (non-hydrogen) atoms. The van der Waals surface area contributed by atoms with E-state index in [1.165, 1.54) is 6.92 Å². The minimum absolute atomic E-state index is 0.146. The molecule has 0 aromatic rings. The summed E-state index contributed by atoms with van der Waals surface area (Å²) in [5, 5.41) is 0. The smallest absolute Gasteiger partial charge is 0.400 e. The normalized spacial score (nSPS) is 17.8. The predicted molar refractivity (Wildman–Crippen MR) is 48.5 cm³/mol. The van der Waals surface area contributed by atoms with Crippen LogP contribution in [0.25, 0.3) is 0 Å². The van der Waals surface area contributed by atoms with Gasteiger partial charge in [0.1, 0.15) is 0 Å². The highest BCUT2D eigenvalue weighted by Crippen LogP contribution is 2.32. The zero-order chi connectivity index (χ0) is 11.5. The second kappa shape index (κ2) is 4.68. The second-order valence-electron chi connectivity index (χ2n) is 3.64. The molecule has 0 amide bonds. The number of alkyl halides is 2. The molecule has 0 spiro atoms. The van der Waals surface area contributed by atoms with Crippen molar-refractivity contribution in [3.63, 3.8) is 0 Å². The molecule has 0 aromatic heterocycles. The number of esters is 1. The van der Waals surface area contributed by atoms with Crippen LogP contribution in [0.4, 0.5) is 8.78 Å². The first-order valence-corrected chi connectivity index (χ1v) is 5.09. The summed E-state index contributed by atoms with van der Waals surface area (Å²) in [6.07, 6.45) is 2.45. The van der Waals surface area contributed by atoms with Gasteiger partial charge in [-0.3, -0.25) is 4.79 Å². The highest BCUT2D eigenvalue weighted by Gasteiger charge is 2.51. The fraction of sp³-hybridized carbons (Fsp3) is 0.800. The molecule has 1 fully saturated rings. The molecule has 1 aliphatic rings. The standard InChI is InChI=1S/C10H14F2O3/c1-2-15-9(14)10(11,12)8(13)7-5-3-4-6-7/h7H,2-6H2,1H3. The Morgan fingerprint density at radius 2 is 1.87 bits per heavy atom. The topological polar surface area (TPSA) is 43.4 Å². The van der Waals surface area contributed by atoms with E-state index in [0.29, 0.717) is 12.8 Å². The van der Waals surface area contributed by atoms with Crippen LogP contribution < -0.4 is 0 Å². The molecule has 1 saturated carbocycles. The highest BCUT2D eigenvalue weighted by atomic mass is 19.3. The van der Waals surface area contributed by atoms with E-state index >= 15 is 0 Å². The Morgan fingerprint density at radius 1 is 1.33 bits per heavy atom. The third kappa shape index (κ3) is 2.52. The third-order valence-corrected chi connectivity index (χ3v) is 2.57. The monoisotopic (exact) mass is 220 g/mol. The summed E-state index contributed by atoms with van der Waals surface area (Å²) in [7, 11) is 0. The van der Waals surface area contributed by atoms with E-state index in [4.69, 9.17) is 0 Å². The number of carbonyl (C=O) groups is 2. The van der Waals surface area contributed by atoms with E-state index < -0.39 is 23.6 Å².